The van der Waals surface area contributed by atoms with Crippen LogP contribution in [0.3, 0.4) is 0 Å². The molecule has 1 aromatic carbocycles. The first-order valence-corrected chi connectivity index (χ1v) is 8.19. The predicted octanol–water partition coefficient (Wildman–Crippen LogP) is 1.57. The third-order valence-corrected chi connectivity index (χ3v) is 4.97. The lowest BCUT2D eigenvalue weighted by Gasteiger charge is -2.37. The van der Waals surface area contributed by atoms with Crippen LogP contribution in [0.4, 0.5) is 0 Å². The maximum absolute atomic E-state index is 6.09. The summed E-state index contributed by atoms with van der Waals surface area (Å²) < 4.78 is 16.9. The lowest BCUT2D eigenvalue weighted by Crippen LogP contribution is -2.46. The minimum atomic E-state index is 0.341. The van der Waals surface area contributed by atoms with Gasteiger partial charge in [0.15, 0.2) is 11.5 Å². The Morgan fingerprint density at radius 1 is 1.14 bits per heavy atom. The van der Waals surface area contributed by atoms with Crippen molar-refractivity contribution in [2.75, 3.05) is 46.6 Å². The predicted molar refractivity (Wildman–Crippen MR) is 83.2 cm³/mol. The van der Waals surface area contributed by atoms with Crippen LogP contribution in [0.1, 0.15) is 12.0 Å². The maximum atomic E-state index is 6.09. The van der Waals surface area contributed by atoms with Crippen LogP contribution in [0.2, 0.25) is 0 Å². The molecule has 22 heavy (non-hydrogen) atoms. The molecule has 3 aliphatic heterocycles. The van der Waals surface area contributed by atoms with E-state index in [1.165, 1.54) is 18.5 Å². The van der Waals surface area contributed by atoms with E-state index < -0.39 is 0 Å². The molecule has 0 N–H and O–H groups in total. The van der Waals surface area contributed by atoms with Gasteiger partial charge in [0.2, 0.25) is 6.79 Å². The van der Waals surface area contributed by atoms with Crippen LogP contribution in [-0.4, -0.2) is 62.5 Å². The summed E-state index contributed by atoms with van der Waals surface area (Å²) >= 11 is 0. The Labute approximate surface area is 131 Å². The molecule has 0 amide bonds. The molecule has 5 heteroatoms. The topological polar surface area (TPSA) is 34.2 Å². The van der Waals surface area contributed by atoms with Crippen molar-refractivity contribution in [2.24, 2.45) is 5.92 Å². The number of benzene rings is 1. The van der Waals surface area contributed by atoms with Crippen LogP contribution in [-0.2, 0) is 11.3 Å². The molecule has 4 rings (SSSR count). The Bertz CT molecular complexity index is 537. The van der Waals surface area contributed by atoms with Crippen molar-refractivity contribution >= 4 is 0 Å². The molecule has 120 valence electrons. The highest BCUT2D eigenvalue weighted by atomic mass is 16.7. The Morgan fingerprint density at radius 2 is 2.05 bits per heavy atom. The van der Waals surface area contributed by atoms with Gasteiger partial charge in [-0.3, -0.25) is 4.90 Å². The highest BCUT2D eigenvalue weighted by Gasteiger charge is 2.32. The normalized spacial score (nSPS) is 29.1. The number of fused-ring (bicyclic) bond motifs is 2. The SMILES string of the molecule is CN1CCO[C@@H]2CN(Cc3ccc4c(c3)OCO4)CC[C@@H]2C1. The van der Waals surface area contributed by atoms with Crippen molar-refractivity contribution in [1.29, 1.82) is 0 Å². The van der Waals surface area contributed by atoms with Gasteiger partial charge < -0.3 is 19.1 Å². The summed E-state index contributed by atoms with van der Waals surface area (Å²) in [6.45, 7) is 6.56. The van der Waals surface area contributed by atoms with Gasteiger partial charge in [0.1, 0.15) is 0 Å². The fourth-order valence-electron chi connectivity index (χ4n) is 3.72. The van der Waals surface area contributed by atoms with E-state index in [4.69, 9.17) is 14.2 Å². The molecular weight excluding hydrogens is 280 g/mol. The number of hydrogen-bond donors (Lipinski definition) is 0. The Balaban J connectivity index is 1.40. The number of ether oxygens (including phenoxy) is 3. The third kappa shape index (κ3) is 2.93. The van der Waals surface area contributed by atoms with Gasteiger partial charge in [-0.25, -0.2) is 0 Å². The average molecular weight is 304 g/mol. The molecule has 3 heterocycles. The summed E-state index contributed by atoms with van der Waals surface area (Å²) in [6.07, 6.45) is 1.60. The van der Waals surface area contributed by atoms with Crippen LogP contribution in [0, 0.1) is 5.92 Å². The quantitative estimate of drug-likeness (QED) is 0.828. The monoisotopic (exact) mass is 304 g/mol. The highest BCUT2D eigenvalue weighted by molar-refractivity contribution is 5.44. The highest BCUT2D eigenvalue weighted by Crippen LogP contribution is 2.33. The number of likely N-dealkylation sites (N-methyl/N-ethyl adjacent to an activating group) is 1. The molecule has 0 aliphatic carbocycles. The van der Waals surface area contributed by atoms with Gasteiger partial charge in [0, 0.05) is 32.1 Å². The van der Waals surface area contributed by atoms with Crippen molar-refractivity contribution in [3.63, 3.8) is 0 Å². The van der Waals surface area contributed by atoms with Gasteiger partial charge in [0.05, 0.1) is 12.7 Å². The average Bonchev–Trinajstić information content (AvgIpc) is 2.89. The summed E-state index contributed by atoms with van der Waals surface area (Å²) in [6, 6.07) is 6.26. The Kier molecular flexibility index (Phi) is 3.94. The summed E-state index contributed by atoms with van der Waals surface area (Å²) in [4.78, 5) is 4.90. The molecule has 0 saturated carbocycles. The van der Waals surface area contributed by atoms with Crippen molar-refractivity contribution < 1.29 is 14.2 Å². The van der Waals surface area contributed by atoms with Crippen molar-refractivity contribution in [3.05, 3.63) is 23.8 Å². The molecule has 0 bridgehead atoms. The van der Waals surface area contributed by atoms with Crippen LogP contribution in [0.5, 0.6) is 11.5 Å². The summed E-state index contributed by atoms with van der Waals surface area (Å²) in [5.74, 6) is 2.41. The van der Waals surface area contributed by atoms with E-state index in [0.29, 0.717) is 18.8 Å². The number of rotatable bonds is 2. The zero-order valence-electron chi connectivity index (χ0n) is 13.2. The van der Waals surface area contributed by atoms with Gasteiger partial charge in [-0.1, -0.05) is 6.07 Å². The molecule has 0 unspecified atom stereocenters. The van der Waals surface area contributed by atoms with Gasteiger partial charge in [-0.05, 0) is 37.7 Å². The fourth-order valence-corrected chi connectivity index (χ4v) is 3.72. The number of hydrogen-bond acceptors (Lipinski definition) is 5. The van der Waals surface area contributed by atoms with Crippen LogP contribution >= 0.6 is 0 Å². The summed E-state index contributed by atoms with van der Waals surface area (Å²) in [5, 5.41) is 0. The van der Waals surface area contributed by atoms with Crippen LogP contribution < -0.4 is 9.47 Å². The zero-order chi connectivity index (χ0) is 14.9. The molecule has 2 saturated heterocycles. The van der Waals surface area contributed by atoms with Crippen molar-refractivity contribution in [1.82, 2.24) is 9.80 Å². The minimum absolute atomic E-state index is 0.341. The molecule has 0 aromatic heterocycles. The van der Waals surface area contributed by atoms with Crippen molar-refractivity contribution in [2.45, 2.75) is 19.1 Å². The molecular formula is C17H24N2O3. The van der Waals surface area contributed by atoms with E-state index in [2.05, 4.69) is 29.0 Å². The minimum Gasteiger partial charge on any atom is -0.454 e. The Morgan fingerprint density at radius 3 is 3.00 bits per heavy atom. The van der Waals surface area contributed by atoms with Gasteiger partial charge in [-0.2, -0.15) is 0 Å². The fraction of sp³-hybridized carbons (Fsp3) is 0.647. The van der Waals surface area contributed by atoms with Gasteiger partial charge in [-0.15, -0.1) is 0 Å². The first-order chi connectivity index (χ1) is 10.8. The van der Waals surface area contributed by atoms with E-state index in [0.717, 1.165) is 44.3 Å². The van der Waals surface area contributed by atoms with Crippen LogP contribution in [0.25, 0.3) is 0 Å². The Hall–Kier alpha value is -1.30. The lowest BCUT2D eigenvalue weighted by atomic mass is 9.93. The number of nitrogens with zero attached hydrogens (tertiary/aromatic N) is 2. The number of likely N-dealkylation sites (tertiary alicyclic amines) is 1. The van der Waals surface area contributed by atoms with Crippen LogP contribution in [0.15, 0.2) is 18.2 Å². The van der Waals surface area contributed by atoms with Crippen molar-refractivity contribution in [3.8, 4) is 11.5 Å². The summed E-state index contributed by atoms with van der Waals surface area (Å²) in [5.41, 5.74) is 1.29. The molecule has 1 aromatic rings. The molecule has 2 fully saturated rings. The van der Waals surface area contributed by atoms with E-state index in [-0.39, 0.29) is 0 Å². The summed E-state index contributed by atoms with van der Waals surface area (Å²) in [7, 11) is 2.20. The second-order valence-corrected chi connectivity index (χ2v) is 6.64. The second-order valence-electron chi connectivity index (χ2n) is 6.64. The molecule has 0 radical (unpaired) electrons. The van der Waals surface area contributed by atoms with Gasteiger partial charge in [0.25, 0.3) is 0 Å². The van der Waals surface area contributed by atoms with Gasteiger partial charge >= 0.3 is 0 Å². The standard InChI is InChI=1S/C17H24N2O3/c1-18-6-7-20-17-11-19(5-4-14(17)10-18)9-13-2-3-15-16(8-13)22-12-21-15/h2-3,8,14,17H,4-7,9-12H2,1H3/t14-,17-/m1/s1. The maximum Gasteiger partial charge on any atom is 0.231 e. The molecule has 5 nitrogen and oxygen atoms in total. The molecule has 2 atom stereocenters. The number of piperidine rings is 1. The third-order valence-electron chi connectivity index (χ3n) is 4.97. The van der Waals surface area contributed by atoms with E-state index in [1.807, 2.05) is 6.07 Å². The second kappa shape index (κ2) is 6.07. The largest absolute Gasteiger partial charge is 0.454 e. The van der Waals surface area contributed by atoms with E-state index >= 15 is 0 Å². The van der Waals surface area contributed by atoms with E-state index in [9.17, 15) is 0 Å². The zero-order valence-corrected chi connectivity index (χ0v) is 13.2. The van der Waals surface area contributed by atoms with E-state index in [1.54, 1.807) is 0 Å². The molecule has 0 spiro atoms. The first-order valence-electron chi connectivity index (χ1n) is 8.19. The first kappa shape index (κ1) is 14.3. The lowest BCUT2D eigenvalue weighted by molar-refractivity contribution is -0.0241. The molecule has 3 aliphatic rings. The smallest absolute Gasteiger partial charge is 0.231 e.